The average molecular weight is 346 g/mol. The summed E-state index contributed by atoms with van der Waals surface area (Å²) in [5.74, 6) is 0. The minimum Gasteiger partial charge on any atom is -0.334 e. The van der Waals surface area contributed by atoms with Gasteiger partial charge in [-0.2, -0.15) is 10.2 Å². The average Bonchev–Trinajstić information content (AvgIpc) is 3.27. The summed E-state index contributed by atoms with van der Waals surface area (Å²) in [6.45, 7) is 0.329. The number of nitrogens with zero attached hydrogens (tertiary/aromatic N) is 2. The van der Waals surface area contributed by atoms with Crippen molar-refractivity contribution in [3.05, 3.63) is 54.6 Å². The van der Waals surface area contributed by atoms with Crippen LogP contribution < -0.4 is 10.6 Å². The van der Waals surface area contributed by atoms with E-state index in [4.69, 9.17) is 0 Å². The van der Waals surface area contributed by atoms with Gasteiger partial charge in [0, 0.05) is 30.2 Å². The molecule has 0 aliphatic carbocycles. The fourth-order valence-electron chi connectivity index (χ4n) is 1.97. The maximum absolute atomic E-state index is 12.3. The number of carbonyl (C=O) groups is 1. The molecule has 0 saturated heterocycles. The SMILES string of the molecule is O=C(NCc1cn[nH]c1)Nc1ccc(S(=O)(=O)c2cn[nH]c2)cc1. The Labute approximate surface area is 137 Å². The molecule has 9 nitrogen and oxygen atoms in total. The van der Waals surface area contributed by atoms with Gasteiger partial charge >= 0.3 is 6.03 Å². The summed E-state index contributed by atoms with van der Waals surface area (Å²) in [6.07, 6.45) is 5.83. The van der Waals surface area contributed by atoms with Gasteiger partial charge in [-0.25, -0.2) is 13.2 Å². The number of anilines is 1. The van der Waals surface area contributed by atoms with E-state index in [0.717, 1.165) is 5.56 Å². The molecule has 2 heterocycles. The number of amides is 2. The second-order valence-corrected chi connectivity index (χ2v) is 6.83. The predicted octanol–water partition coefficient (Wildman–Crippen LogP) is 1.29. The number of rotatable bonds is 5. The second-order valence-electron chi connectivity index (χ2n) is 4.88. The van der Waals surface area contributed by atoms with E-state index >= 15 is 0 Å². The summed E-state index contributed by atoms with van der Waals surface area (Å²) < 4.78 is 24.6. The highest BCUT2D eigenvalue weighted by Crippen LogP contribution is 2.21. The Kier molecular flexibility index (Phi) is 4.29. The summed E-state index contributed by atoms with van der Waals surface area (Å²) in [4.78, 5) is 12.0. The van der Waals surface area contributed by atoms with Gasteiger partial charge in [-0.3, -0.25) is 10.2 Å². The van der Waals surface area contributed by atoms with Crippen LogP contribution in [0.15, 0.2) is 58.8 Å². The Bertz CT molecular complexity index is 902. The van der Waals surface area contributed by atoms with Gasteiger partial charge in [0.2, 0.25) is 9.84 Å². The number of aromatic nitrogens is 4. The van der Waals surface area contributed by atoms with E-state index in [-0.39, 0.29) is 9.79 Å². The largest absolute Gasteiger partial charge is 0.334 e. The molecule has 1 aromatic carbocycles. The minimum atomic E-state index is -3.61. The van der Waals surface area contributed by atoms with Gasteiger partial charge < -0.3 is 10.6 Å². The summed E-state index contributed by atoms with van der Waals surface area (Å²) in [7, 11) is -3.61. The van der Waals surface area contributed by atoms with Crippen LogP contribution in [-0.2, 0) is 16.4 Å². The fourth-order valence-corrected chi connectivity index (χ4v) is 3.14. The Morgan fingerprint density at radius 2 is 1.71 bits per heavy atom. The molecule has 0 bridgehead atoms. The smallest absolute Gasteiger partial charge is 0.319 e. The van der Waals surface area contributed by atoms with Crippen LogP contribution in [0.25, 0.3) is 0 Å². The highest BCUT2D eigenvalue weighted by atomic mass is 32.2. The molecule has 0 aliphatic rings. The highest BCUT2D eigenvalue weighted by Gasteiger charge is 2.18. The van der Waals surface area contributed by atoms with Crippen molar-refractivity contribution >= 4 is 21.6 Å². The van der Waals surface area contributed by atoms with Gasteiger partial charge in [0.1, 0.15) is 4.90 Å². The third-order valence-electron chi connectivity index (χ3n) is 3.21. The molecule has 2 aromatic heterocycles. The molecular formula is C14H14N6O3S. The summed E-state index contributed by atoms with van der Waals surface area (Å²) in [5, 5.41) is 17.8. The van der Waals surface area contributed by atoms with E-state index in [1.807, 2.05) is 0 Å². The van der Waals surface area contributed by atoms with Crippen LogP contribution in [0.5, 0.6) is 0 Å². The van der Waals surface area contributed by atoms with Crippen LogP contribution in [0.3, 0.4) is 0 Å². The Hall–Kier alpha value is -3.14. The summed E-state index contributed by atoms with van der Waals surface area (Å²) in [6, 6.07) is 5.48. The first-order chi connectivity index (χ1) is 11.6. The lowest BCUT2D eigenvalue weighted by Crippen LogP contribution is -2.28. The molecule has 3 rings (SSSR count). The molecule has 0 saturated carbocycles. The van der Waals surface area contributed by atoms with E-state index in [1.165, 1.54) is 36.7 Å². The molecule has 4 N–H and O–H groups in total. The van der Waals surface area contributed by atoms with Crippen molar-refractivity contribution in [3.63, 3.8) is 0 Å². The number of urea groups is 1. The van der Waals surface area contributed by atoms with Gasteiger partial charge in [0.25, 0.3) is 0 Å². The topological polar surface area (TPSA) is 133 Å². The Morgan fingerprint density at radius 3 is 2.33 bits per heavy atom. The number of sulfone groups is 1. The number of H-pyrrole nitrogens is 2. The van der Waals surface area contributed by atoms with Crippen molar-refractivity contribution in [2.75, 3.05) is 5.32 Å². The summed E-state index contributed by atoms with van der Waals surface area (Å²) in [5.41, 5.74) is 1.32. The standard InChI is InChI=1S/C14H14N6O3S/c21-14(15-5-10-6-16-17-7-10)20-11-1-3-12(4-2-11)24(22,23)13-8-18-19-9-13/h1-4,6-9H,5H2,(H,16,17)(H,18,19)(H2,15,20,21). The van der Waals surface area contributed by atoms with Gasteiger partial charge in [0.15, 0.2) is 0 Å². The zero-order chi connectivity index (χ0) is 17.0. The lowest BCUT2D eigenvalue weighted by atomic mass is 10.3. The molecule has 0 radical (unpaired) electrons. The number of benzene rings is 1. The monoisotopic (exact) mass is 346 g/mol. The zero-order valence-corrected chi connectivity index (χ0v) is 13.2. The van der Waals surface area contributed by atoms with Crippen molar-refractivity contribution in [3.8, 4) is 0 Å². The van der Waals surface area contributed by atoms with Crippen molar-refractivity contribution in [1.29, 1.82) is 0 Å². The molecule has 10 heteroatoms. The van der Waals surface area contributed by atoms with E-state index in [9.17, 15) is 13.2 Å². The lowest BCUT2D eigenvalue weighted by Gasteiger charge is -2.08. The first kappa shape index (κ1) is 15.7. The minimum absolute atomic E-state index is 0.0843. The fraction of sp³-hybridized carbons (Fsp3) is 0.0714. The first-order valence-corrected chi connectivity index (χ1v) is 8.40. The van der Waals surface area contributed by atoms with Crippen LogP contribution >= 0.6 is 0 Å². The maximum Gasteiger partial charge on any atom is 0.319 e. The van der Waals surface area contributed by atoms with Crippen LogP contribution in [-0.4, -0.2) is 34.8 Å². The molecule has 2 amide bonds. The van der Waals surface area contributed by atoms with Crippen molar-refractivity contribution in [1.82, 2.24) is 25.7 Å². The van der Waals surface area contributed by atoms with Gasteiger partial charge in [-0.15, -0.1) is 0 Å². The molecule has 0 aliphatic heterocycles. The van der Waals surface area contributed by atoms with Crippen LogP contribution in [0.1, 0.15) is 5.56 Å². The third-order valence-corrected chi connectivity index (χ3v) is 4.95. The van der Waals surface area contributed by atoms with Gasteiger partial charge in [0.05, 0.1) is 17.3 Å². The summed E-state index contributed by atoms with van der Waals surface area (Å²) >= 11 is 0. The predicted molar refractivity (Wildman–Crippen MR) is 84.9 cm³/mol. The number of carbonyl (C=O) groups excluding carboxylic acids is 1. The number of hydrogen-bond donors (Lipinski definition) is 4. The normalized spacial score (nSPS) is 11.2. The highest BCUT2D eigenvalue weighted by molar-refractivity contribution is 7.91. The van der Waals surface area contributed by atoms with Crippen molar-refractivity contribution in [2.24, 2.45) is 0 Å². The quantitative estimate of drug-likeness (QED) is 0.552. The Balaban J connectivity index is 1.63. The van der Waals surface area contributed by atoms with Crippen LogP contribution in [0, 0.1) is 0 Å². The van der Waals surface area contributed by atoms with Crippen molar-refractivity contribution in [2.45, 2.75) is 16.3 Å². The molecule has 124 valence electrons. The second kappa shape index (κ2) is 6.54. The molecule has 3 aromatic rings. The molecule has 24 heavy (non-hydrogen) atoms. The maximum atomic E-state index is 12.3. The number of aromatic amines is 2. The first-order valence-electron chi connectivity index (χ1n) is 6.92. The van der Waals surface area contributed by atoms with E-state index in [0.29, 0.717) is 12.2 Å². The molecule has 0 spiro atoms. The number of hydrogen-bond acceptors (Lipinski definition) is 5. The molecule has 0 atom stereocenters. The lowest BCUT2D eigenvalue weighted by molar-refractivity contribution is 0.251. The van der Waals surface area contributed by atoms with Gasteiger partial charge in [-0.05, 0) is 24.3 Å². The Morgan fingerprint density at radius 1 is 1.00 bits per heavy atom. The number of nitrogens with one attached hydrogen (secondary N) is 4. The van der Waals surface area contributed by atoms with Crippen molar-refractivity contribution < 1.29 is 13.2 Å². The molecular weight excluding hydrogens is 332 g/mol. The van der Waals surface area contributed by atoms with Crippen LogP contribution in [0.4, 0.5) is 10.5 Å². The van der Waals surface area contributed by atoms with Gasteiger partial charge in [-0.1, -0.05) is 0 Å². The van der Waals surface area contributed by atoms with E-state index < -0.39 is 15.9 Å². The third kappa shape index (κ3) is 3.43. The zero-order valence-electron chi connectivity index (χ0n) is 12.4. The van der Waals surface area contributed by atoms with E-state index in [2.05, 4.69) is 31.0 Å². The van der Waals surface area contributed by atoms with Crippen LogP contribution in [0.2, 0.25) is 0 Å². The molecule has 0 fully saturated rings. The van der Waals surface area contributed by atoms with E-state index in [1.54, 1.807) is 12.4 Å². The molecule has 0 unspecified atom stereocenters.